The smallest absolute Gasteiger partial charge is 0.238 e. The molecule has 0 fully saturated rings. The van der Waals surface area contributed by atoms with Gasteiger partial charge in [0.1, 0.15) is 0 Å². The molecule has 1 aromatic heterocycles. The minimum absolute atomic E-state index is 0.0281. The molecule has 21 heavy (non-hydrogen) atoms. The lowest BCUT2D eigenvalue weighted by Gasteiger charge is -2.16. The minimum Gasteiger partial charge on any atom is -0.399 e. The van der Waals surface area contributed by atoms with Crippen LogP contribution in [0.15, 0.2) is 33.4 Å². The Balaban J connectivity index is 1.89. The number of likely N-dealkylation sites (N-methyl/N-ethyl adjacent to an activating group) is 1. The predicted molar refractivity (Wildman–Crippen MR) is 92.6 cm³/mol. The molecule has 2 rings (SSSR count). The number of carbonyl (C=O) groups is 1. The predicted octanol–water partition coefficient (Wildman–Crippen LogP) is 3.47. The Hall–Kier alpha value is -1.37. The van der Waals surface area contributed by atoms with Crippen molar-refractivity contribution in [1.82, 2.24) is 4.90 Å². The molecule has 112 valence electrons. The molecule has 1 heterocycles. The van der Waals surface area contributed by atoms with E-state index in [1.54, 1.807) is 17.4 Å². The molecule has 4 nitrogen and oxygen atoms in total. The van der Waals surface area contributed by atoms with Crippen molar-refractivity contribution < 1.29 is 4.79 Å². The Morgan fingerprint density at radius 2 is 2.19 bits per heavy atom. The highest BCUT2D eigenvalue weighted by atomic mass is 79.9. The van der Waals surface area contributed by atoms with Crippen molar-refractivity contribution in [3.05, 3.63) is 44.6 Å². The van der Waals surface area contributed by atoms with E-state index in [1.807, 2.05) is 31.0 Å². The van der Waals surface area contributed by atoms with Crippen LogP contribution in [0.5, 0.6) is 0 Å². The van der Waals surface area contributed by atoms with Gasteiger partial charge in [-0.2, -0.15) is 0 Å². The molecule has 3 N–H and O–H groups in total. The van der Waals surface area contributed by atoms with E-state index >= 15 is 0 Å². The van der Waals surface area contributed by atoms with Gasteiger partial charge in [-0.3, -0.25) is 9.69 Å². The number of anilines is 2. The molecular weight excluding hydrogens is 350 g/mol. The molecule has 0 saturated carbocycles. The maximum atomic E-state index is 12.1. The van der Waals surface area contributed by atoms with E-state index in [4.69, 9.17) is 5.73 Å². The second-order valence-electron chi connectivity index (χ2n) is 5.05. The van der Waals surface area contributed by atoms with Crippen LogP contribution in [-0.4, -0.2) is 24.4 Å². The number of rotatable bonds is 5. The van der Waals surface area contributed by atoms with Crippen LogP contribution in [0.1, 0.15) is 11.1 Å². The Bertz CT molecular complexity index is 642. The van der Waals surface area contributed by atoms with E-state index in [0.29, 0.717) is 12.2 Å². The highest BCUT2D eigenvalue weighted by Crippen LogP contribution is 2.21. The van der Waals surface area contributed by atoms with Crippen LogP contribution >= 0.6 is 27.3 Å². The molecule has 0 aliphatic heterocycles. The molecule has 6 heteroatoms. The van der Waals surface area contributed by atoms with Crippen LogP contribution < -0.4 is 11.1 Å². The number of nitrogens with one attached hydrogen (secondary N) is 1. The van der Waals surface area contributed by atoms with Gasteiger partial charge in [0.2, 0.25) is 5.91 Å². The summed E-state index contributed by atoms with van der Waals surface area (Å²) in [6.45, 7) is 3.02. The fourth-order valence-corrected chi connectivity index (χ4v) is 3.26. The van der Waals surface area contributed by atoms with Crippen LogP contribution in [0.25, 0.3) is 0 Å². The van der Waals surface area contributed by atoms with Gasteiger partial charge >= 0.3 is 0 Å². The zero-order chi connectivity index (χ0) is 15.4. The molecule has 0 spiro atoms. The summed E-state index contributed by atoms with van der Waals surface area (Å²) in [4.78, 5) is 14.0. The molecule has 0 aliphatic carbocycles. The van der Waals surface area contributed by atoms with Gasteiger partial charge in [0.05, 0.1) is 10.3 Å². The van der Waals surface area contributed by atoms with E-state index in [0.717, 1.165) is 21.6 Å². The largest absolute Gasteiger partial charge is 0.399 e. The summed E-state index contributed by atoms with van der Waals surface area (Å²) in [5, 5.41) is 5.00. The second kappa shape index (κ2) is 7.06. The Morgan fingerprint density at radius 1 is 1.43 bits per heavy atom. The van der Waals surface area contributed by atoms with Gasteiger partial charge in [-0.1, -0.05) is 0 Å². The molecule has 0 aliphatic rings. The number of hydrogen-bond acceptors (Lipinski definition) is 4. The summed E-state index contributed by atoms with van der Waals surface area (Å²) in [6, 6.07) is 7.54. The third kappa shape index (κ3) is 4.84. The van der Waals surface area contributed by atoms with Crippen molar-refractivity contribution in [1.29, 1.82) is 0 Å². The third-order valence-corrected chi connectivity index (χ3v) is 4.57. The Kier molecular flexibility index (Phi) is 5.39. The molecule has 0 radical (unpaired) electrons. The van der Waals surface area contributed by atoms with Crippen molar-refractivity contribution in [2.45, 2.75) is 13.5 Å². The fourth-order valence-electron chi connectivity index (χ4n) is 2.06. The van der Waals surface area contributed by atoms with Gasteiger partial charge in [-0.25, -0.2) is 0 Å². The molecule has 2 aromatic rings. The molecule has 0 saturated heterocycles. The van der Waals surface area contributed by atoms with E-state index < -0.39 is 0 Å². The van der Waals surface area contributed by atoms with Crippen LogP contribution in [-0.2, 0) is 11.3 Å². The van der Waals surface area contributed by atoms with Gasteiger partial charge in [-0.15, -0.1) is 11.3 Å². The van der Waals surface area contributed by atoms with Gasteiger partial charge < -0.3 is 11.1 Å². The van der Waals surface area contributed by atoms with Crippen molar-refractivity contribution in [2.24, 2.45) is 0 Å². The lowest BCUT2D eigenvalue weighted by molar-refractivity contribution is -0.117. The van der Waals surface area contributed by atoms with Crippen LogP contribution in [0.3, 0.4) is 0 Å². The molecule has 0 bridgehead atoms. The minimum atomic E-state index is -0.0281. The van der Waals surface area contributed by atoms with Gasteiger partial charge in [0.15, 0.2) is 0 Å². The summed E-state index contributed by atoms with van der Waals surface area (Å²) in [6.07, 6.45) is 0. The van der Waals surface area contributed by atoms with Crippen molar-refractivity contribution >= 4 is 44.5 Å². The van der Waals surface area contributed by atoms with Crippen LogP contribution in [0.4, 0.5) is 11.4 Å². The van der Waals surface area contributed by atoms with Crippen LogP contribution in [0.2, 0.25) is 0 Å². The molecule has 1 aromatic carbocycles. The van der Waals surface area contributed by atoms with E-state index in [1.165, 1.54) is 5.56 Å². The first-order chi connectivity index (χ1) is 9.94. The first kappa shape index (κ1) is 16.0. The van der Waals surface area contributed by atoms with E-state index in [2.05, 4.69) is 32.7 Å². The highest BCUT2D eigenvalue weighted by Gasteiger charge is 2.09. The first-order valence-electron chi connectivity index (χ1n) is 6.51. The molecule has 0 unspecified atom stereocenters. The molecule has 1 amide bonds. The molecule has 0 atom stereocenters. The number of amides is 1. The quantitative estimate of drug-likeness (QED) is 0.795. The highest BCUT2D eigenvalue weighted by molar-refractivity contribution is 9.11. The van der Waals surface area contributed by atoms with Crippen molar-refractivity contribution in [3.63, 3.8) is 0 Å². The van der Waals surface area contributed by atoms with E-state index in [9.17, 15) is 4.79 Å². The number of nitrogens with two attached hydrogens (primary N) is 1. The lowest BCUT2D eigenvalue weighted by Crippen LogP contribution is -2.29. The average Bonchev–Trinajstić information content (AvgIpc) is 2.78. The second-order valence-corrected chi connectivity index (χ2v) is 7.34. The maximum absolute atomic E-state index is 12.1. The SMILES string of the molecule is Cc1cc(N)ccc1NC(=O)CN(C)Cc1csc(Br)c1. The first-order valence-corrected chi connectivity index (χ1v) is 8.19. The summed E-state index contributed by atoms with van der Waals surface area (Å²) < 4.78 is 1.10. The van der Waals surface area contributed by atoms with Crippen molar-refractivity contribution in [3.8, 4) is 0 Å². The summed E-state index contributed by atoms with van der Waals surface area (Å²) in [5.41, 5.74) is 9.37. The number of carbonyl (C=O) groups excluding carboxylic acids is 1. The van der Waals surface area contributed by atoms with Gasteiger partial charge in [0, 0.05) is 17.9 Å². The van der Waals surface area contributed by atoms with Crippen LogP contribution in [0, 0.1) is 6.92 Å². The number of aryl methyl sites for hydroxylation is 1. The normalized spacial score (nSPS) is 10.9. The lowest BCUT2D eigenvalue weighted by atomic mass is 10.2. The number of nitrogen functional groups attached to an aromatic ring is 1. The standard InChI is InChI=1S/C15H18BrN3OS/c1-10-5-12(17)3-4-13(10)18-15(20)8-19(2)7-11-6-14(16)21-9-11/h3-6,9H,7-8,17H2,1-2H3,(H,18,20). The maximum Gasteiger partial charge on any atom is 0.238 e. The third-order valence-electron chi connectivity index (χ3n) is 3.01. The Labute approximate surface area is 137 Å². The fraction of sp³-hybridized carbons (Fsp3) is 0.267. The summed E-state index contributed by atoms with van der Waals surface area (Å²) in [7, 11) is 1.93. The topological polar surface area (TPSA) is 58.4 Å². The van der Waals surface area contributed by atoms with E-state index in [-0.39, 0.29) is 5.91 Å². The Morgan fingerprint density at radius 3 is 2.81 bits per heavy atom. The van der Waals surface area contributed by atoms with Gasteiger partial charge in [-0.05, 0) is 70.7 Å². The number of halogens is 1. The zero-order valence-electron chi connectivity index (χ0n) is 12.0. The molecular formula is C15H18BrN3OS. The number of nitrogens with zero attached hydrogens (tertiary/aromatic N) is 1. The number of thiophene rings is 1. The van der Waals surface area contributed by atoms with Crippen molar-refractivity contribution in [2.75, 3.05) is 24.6 Å². The number of hydrogen-bond donors (Lipinski definition) is 2. The average molecular weight is 368 g/mol. The summed E-state index contributed by atoms with van der Waals surface area (Å²) in [5.74, 6) is -0.0281. The summed E-state index contributed by atoms with van der Waals surface area (Å²) >= 11 is 5.09. The zero-order valence-corrected chi connectivity index (χ0v) is 14.4. The monoisotopic (exact) mass is 367 g/mol. The van der Waals surface area contributed by atoms with Gasteiger partial charge in [0.25, 0.3) is 0 Å². The number of benzene rings is 1.